The average Bonchev–Trinajstić information content (AvgIpc) is 3.41. The molecule has 3 aliphatic heterocycles. The number of halogens is 3. The van der Waals surface area contributed by atoms with Gasteiger partial charge in [0.1, 0.15) is 18.2 Å². The van der Waals surface area contributed by atoms with Crippen molar-refractivity contribution in [3.63, 3.8) is 0 Å². The predicted molar refractivity (Wildman–Crippen MR) is 158 cm³/mol. The molecule has 1 aromatic carbocycles. The van der Waals surface area contributed by atoms with Crippen LogP contribution in [0.3, 0.4) is 0 Å². The number of nitriles is 1. The normalized spacial score (nSPS) is 19.1. The Kier molecular flexibility index (Phi) is 8.50. The molecule has 10 nitrogen and oxygen atoms in total. The number of anilines is 3. The Balaban J connectivity index is 1.57. The Labute approximate surface area is 248 Å². The second-order valence-electron chi connectivity index (χ2n) is 11.1. The molecule has 0 unspecified atom stereocenters. The smallest absolute Gasteiger partial charge is 0.418 e. The van der Waals surface area contributed by atoms with Crippen molar-refractivity contribution in [3.8, 4) is 11.9 Å². The molecule has 2 fully saturated rings. The summed E-state index contributed by atoms with van der Waals surface area (Å²) in [7, 11) is 2.02. The van der Waals surface area contributed by atoms with E-state index in [1.54, 1.807) is 9.80 Å². The number of hydrogen-bond acceptors (Lipinski definition) is 9. The molecule has 3 aliphatic rings. The van der Waals surface area contributed by atoms with Crippen LogP contribution in [0.25, 0.3) is 0 Å². The Morgan fingerprint density at radius 1 is 1.21 bits per heavy atom. The number of amides is 1. The van der Waals surface area contributed by atoms with Gasteiger partial charge in [-0.3, -0.25) is 4.79 Å². The molecule has 0 saturated carbocycles. The molecule has 4 heterocycles. The fourth-order valence-corrected chi connectivity index (χ4v) is 6.27. The minimum Gasteiger partial charge on any atom is -0.475 e. The van der Waals surface area contributed by atoms with E-state index in [1.165, 1.54) is 12.1 Å². The third kappa shape index (κ3) is 5.84. The van der Waals surface area contributed by atoms with Gasteiger partial charge in [-0.05, 0) is 51.1 Å². The first kappa shape index (κ1) is 30.2. The molecule has 1 amide bonds. The molecule has 2 aromatic rings. The summed E-state index contributed by atoms with van der Waals surface area (Å²) in [6, 6.07) is 4.57. The molecule has 3 N–H and O–H groups in total. The third-order valence-electron chi connectivity index (χ3n) is 8.59. The number of nitrogens with one attached hydrogen (secondary N) is 1. The van der Waals surface area contributed by atoms with E-state index >= 15 is 0 Å². The number of benzene rings is 1. The van der Waals surface area contributed by atoms with E-state index < -0.39 is 11.7 Å². The molecule has 13 heteroatoms. The van der Waals surface area contributed by atoms with Crippen molar-refractivity contribution >= 4 is 29.2 Å². The molecule has 1 atom stereocenters. The first-order valence-electron chi connectivity index (χ1n) is 14.3. The summed E-state index contributed by atoms with van der Waals surface area (Å²) in [5.41, 5.74) is 7.28. The number of carbonyl (C=O) groups is 1. The highest BCUT2D eigenvalue weighted by Crippen LogP contribution is 2.43. The van der Waals surface area contributed by atoms with Crippen LogP contribution in [-0.4, -0.2) is 85.9 Å². The second kappa shape index (κ2) is 12.1. The van der Waals surface area contributed by atoms with Gasteiger partial charge in [0.2, 0.25) is 11.8 Å². The Hall–Kier alpha value is -4.31. The van der Waals surface area contributed by atoms with Crippen LogP contribution in [0.15, 0.2) is 24.8 Å². The number of nitrogens with zero attached hydrogens (tertiary/aromatic N) is 6. The highest BCUT2D eigenvalue weighted by Gasteiger charge is 2.38. The summed E-state index contributed by atoms with van der Waals surface area (Å²) in [4.78, 5) is 24.4. The number of carbonyl (C=O) groups excluding carboxylic acids is 1. The quantitative estimate of drug-likeness (QED) is 0.283. The zero-order valence-electron chi connectivity index (χ0n) is 24.1. The summed E-state index contributed by atoms with van der Waals surface area (Å²) in [6.45, 7) is 6.84. The molecule has 5 rings (SSSR count). The fraction of sp³-hybridized carbons (Fsp3) is 0.467. The lowest BCUT2D eigenvalue weighted by molar-refractivity contribution is -0.137. The number of hydrogen-bond donors (Lipinski definition) is 2. The first-order chi connectivity index (χ1) is 20.6. The van der Waals surface area contributed by atoms with E-state index in [0.29, 0.717) is 50.6 Å². The van der Waals surface area contributed by atoms with Gasteiger partial charge < -0.3 is 35.5 Å². The number of aromatic nitrogens is 1. The number of alkyl halides is 3. The second-order valence-corrected chi connectivity index (χ2v) is 11.1. The van der Waals surface area contributed by atoms with Gasteiger partial charge in [-0.1, -0.05) is 6.58 Å². The lowest BCUT2D eigenvalue weighted by Gasteiger charge is -2.40. The van der Waals surface area contributed by atoms with E-state index in [1.807, 2.05) is 11.9 Å². The number of rotatable bonds is 7. The summed E-state index contributed by atoms with van der Waals surface area (Å²) < 4.78 is 48.7. The Bertz CT molecular complexity index is 1460. The minimum atomic E-state index is -4.66. The van der Waals surface area contributed by atoms with E-state index in [-0.39, 0.29) is 53.4 Å². The van der Waals surface area contributed by atoms with Crippen LogP contribution in [0, 0.1) is 16.7 Å². The molecular weight excluding hydrogens is 561 g/mol. The zero-order chi connectivity index (χ0) is 30.9. The standard InChI is InChI=1S/C30H35F3N8O2/c1-3-26(42)39-11-13-40(14-12-39)27-20-8-10-41(28-21(15-34)24(36)7-6-23(28)30(31,32)33)17-25(20)37-29(22(27)16-35)43-18-19-5-4-9-38(19)2/h3,6-7,15,19,34H,1,4-5,8-14,17-18,36H2,2H3/t19-/m1/s1. The van der Waals surface area contributed by atoms with Gasteiger partial charge in [0.25, 0.3) is 0 Å². The molecule has 0 aliphatic carbocycles. The van der Waals surface area contributed by atoms with Gasteiger partial charge in [0.15, 0.2) is 0 Å². The maximum atomic E-state index is 14.2. The van der Waals surface area contributed by atoms with Gasteiger partial charge in [0, 0.05) is 61.8 Å². The fourth-order valence-electron chi connectivity index (χ4n) is 6.27. The van der Waals surface area contributed by atoms with Gasteiger partial charge >= 0.3 is 6.18 Å². The third-order valence-corrected chi connectivity index (χ3v) is 8.59. The molecule has 2 saturated heterocycles. The summed E-state index contributed by atoms with van der Waals surface area (Å²) in [5, 5.41) is 18.2. The molecule has 0 spiro atoms. The van der Waals surface area contributed by atoms with Crippen molar-refractivity contribution in [1.82, 2.24) is 14.8 Å². The molecular formula is C30H35F3N8O2. The lowest BCUT2D eigenvalue weighted by atomic mass is 9.96. The highest BCUT2D eigenvalue weighted by molar-refractivity contribution is 5.94. The van der Waals surface area contributed by atoms with Gasteiger partial charge in [-0.15, -0.1) is 0 Å². The number of ether oxygens (including phenoxy) is 1. The number of likely N-dealkylation sites (N-methyl/N-ethyl adjacent to an activating group) is 1. The van der Waals surface area contributed by atoms with Crippen molar-refractivity contribution in [1.29, 1.82) is 10.7 Å². The summed E-state index contributed by atoms with van der Waals surface area (Å²) >= 11 is 0. The number of likely N-dealkylation sites (tertiary alicyclic amines) is 1. The number of pyridine rings is 1. The van der Waals surface area contributed by atoms with Crippen LogP contribution in [0.4, 0.5) is 30.2 Å². The SMILES string of the molecule is C=CC(=O)N1CCN(c2c(C#N)c(OC[C@H]3CCCN3C)nc3c2CCN(c2c(C(F)(F)F)ccc(N)c2C=N)C3)CC1. The summed E-state index contributed by atoms with van der Waals surface area (Å²) in [5.74, 6) is -0.0132. The maximum Gasteiger partial charge on any atom is 0.418 e. The van der Waals surface area contributed by atoms with Crippen LogP contribution < -0.4 is 20.3 Å². The molecule has 228 valence electrons. The van der Waals surface area contributed by atoms with Gasteiger partial charge in [-0.25, -0.2) is 4.98 Å². The number of piperazine rings is 1. The van der Waals surface area contributed by atoms with Gasteiger partial charge in [0.05, 0.1) is 29.2 Å². The van der Waals surface area contributed by atoms with Crippen molar-refractivity contribution in [2.24, 2.45) is 0 Å². The molecule has 0 bridgehead atoms. The van der Waals surface area contributed by atoms with Crippen molar-refractivity contribution in [3.05, 3.63) is 52.7 Å². The van der Waals surface area contributed by atoms with Crippen molar-refractivity contribution < 1.29 is 22.7 Å². The number of nitrogens with two attached hydrogens (primary N) is 1. The lowest BCUT2D eigenvalue weighted by Crippen LogP contribution is -2.49. The van der Waals surface area contributed by atoms with E-state index in [0.717, 1.165) is 37.2 Å². The monoisotopic (exact) mass is 596 g/mol. The highest BCUT2D eigenvalue weighted by atomic mass is 19.4. The van der Waals surface area contributed by atoms with Crippen LogP contribution in [-0.2, 0) is 23.9 Å². The average molecular weight is 597 g/mol. The van der Waals surface area contributed by atoms with Crippen molar-refractivity contribution in [2.45, 2.75) is 38.0 Å². The Morgan fingerprint density at radius 3 is 2.56 bits per heavy atom. The Morgan fingerprint density at radius 2 is 1.95 bits per heavy atom. The first-order valence-corrected chi connectivity index (χ1v) is 14.3. The maximum absolute atomic E-state index is 14.2. The van der Waals surface area contributed by atoms with E-state index in [4.69, 9.17) is 20.9 Å². The number of fused-ring (bicyclic) bond motifs is 1. The van der Waals surface area contributed by atoms with E-state index in [2.05, 4.69) is 17.5 Å². The van der Waals surface area contributed by atoms with Crippen LogP contribution in [0.5, 0.6) is 5.88 Å². The topological polar surface area (TPSA) is 126 Å². The molecule has 43 heavy (non-hydrogen) atoms. The van der Waals surface area contributed by atoms with Crippen LogP contribution >= 0.6 is 0 Å². The molecule has 1 aromatic heterocycles. The zero-order valence-corrected chi connectivity index (χ0v) is 24.1. The minimum absolute atomic E-state index is 0.00380. The predicted octanol–water partition coefficient (Wildman–Crippen LogP) is 3.42. The van der Waals surface area contributed by atoms with Crippen LogP contribution in [0.1, 0.15) is 40.8 Å². The largest absolute Gasteiger partial charge is 0.475 e. The molecule has 0 radical (unpaired) electrons. The van der Waals surface area contributed by atoms with Gasteiger partial charge in [-0.2, -0.15) is 18.4 Å². The number of nitrogen functional groups attached to an aromatic ring is 1. The summed E-state index contributed by atoms with van der Waals surface area (Å²) in [6.07, 6.45) is -0.228. The van der Waals surface area contributed by atoms with Crippen LogP contribution in [0.2, 0.25) is 0 Å². The van der Waals surface area contributed by atoms with Crippen molar-refractivity contribution in [2.75, 3.05) is 68.5 Å². The van der Waals surface area contributed by atoms with E-state index in [9.17, 15) is 23.2 Å².